The number of sulfonamides is 1. The number of pyridine rings is 1. The van der Waals surface area contributed by atoms with Gasteiger partial charge in [0.05, 0.1) is 11.6 Å². The van der Waals surface area contributed by atoms with E-state index in [9.17, 15) is 17.6 Å². The molecule has 0 radical (unpaired) electrons. The average Bonchev–Trinajstić information content (AvgIpc) is 3.08. The molecule has 0 bridgehead atoms. The van der Waals surface area contributed by atoms with Crippen LogP contribution in [0.2, 0.25) is 0 Å². The van der Waals surface area contributed by atoms with Crippen LogP contribution in [0.4, 0.5) is 15.8 Å². The van der Waals surface area contributed by atoms with Gasteiger partial charge in [0.25, 0.3) is 10.0 Å². The first kappa shape index (κ1) is 21.5. The molecule has 2 N–H and O–H groups in total. The van der Waals surface area contributed by atoms with E-state index in [4.69, 9.17) is 5.14 Å². The number of primary sulfonamides is 1. The Morgan fingerprint density at radius 2 is 1.82 bits per heavy atom. The predicted molar refractivity (Wildman–Crippen MR) is 124 cm³/mol. The number of halogens is 1. The lowest BCUT2D eigenvalue weighted by Crippen LogP contribution is -2.55. The highest BCUT2D eigenvalue weighted by atomic mass is 32.2. The van der Waals surface area contributed by atoms with Gasteiger partial charge in [0, 0.05) is 42.6 Å². The molecule has 1 unspecified atom stereocenters. The average molecular weight is 467 g/mol. The Labute approximate surface area is 191 Å². The minimum absolute atomic E-state index is 0.0351. The van der Waals surface area contributed by atoms with Gasteiger partial charge in [-0.25, -0.2) is 22.9 Å². The number of amides is 1. The van der Waals surface area contributed by atoms with Gasteiger partial charge in [-0.15, -0.1) is 0 Å². The van der Waals surface area contributed by atoms with Crippen LogP contribution >= 0.6 is 0 Å². The summed E-state index contributed by atoms with van der Waals surface area (Å²) in [5.74, 6) is -0.497. The molecular formula is C24H23FN4O3S. The van der Waals surface area contributed by atoms with Crippen LogP contribution in [0, 0.1) is 11.7 Å². The van der Waals surface area contributed by atoms with Crippen LogP contribution in [-0.2, 0) is 21.2 Å². The fourth-order valence-electron chi connectivity index (χ4n) is 4.56. The Bertz CT molecular complexity index is 1340. The molecule has 7 nitrogen and oxygen atoms in total. The lowest BCUT2D eigenvalue weighted by Gasteiger charge is -2.42. The molecule has 0 saturated carbocycles. The van der Waals surface area contributed by atoms with E-state index < -0.39 is 10.0 Å². The number of aromatic nitrogens is 1. The van der Waals surface area contributed by atoms with Crippen LogP contribution < -0.4 is 14.9 Å². The summed E-state index contributed by atoms with van der Waals surface area (Å²) in [6, 6.07) is 15.6. The van der Waals surface area contributed by atoms with E-state index in [0.717, 1.165) is 16.8 Å². The fourth-order valence-corrected chi connectivity index (χ4v) is 5.04. The molecule has 1 atom stereocenters. The zero-order valence-electron chi connectivity index (χ0n) is 18.0. The van der Waals surface area contributed by atoms with Gasteiger partial charge in [-0.3, -0.25) is 4.79 Å². The normalized spacial score (nSPS) is 18.2. The minimum Gasteiger partial charge on any atom is -0.370 e. The summed E-state index contributed by atoms with van der Waals surface area (Å²) in [5, 5.41) is 4.98. The van der Waals surface area contributed by atoms with Gasteiger partial charge in [-0.2, -0.15) is 0 Å². The SMILES string of the molecule is CC1Cc2cnc(S(N)(=O)=O)cc2N1C(=O)C1CN(c2ccc(-c3ccccc3F)cc2)C1. The van der Waals surface area contributed by atoms with Crippen LogP contribution in [0.3, 0.4) is 0 Å². The highest BCUT2D eigenvalue weighted by Gasteiger charge is 2.41. The Balaban J connectivity index is 1.29. The summed E-state index contributed by atoms with van der Waals surface area (Å²) in [7, 11) is -3.95. The maximum Gasteiger partial charge on any atom is 0.255 e. The van der Waals surface area contributed by atoms with Crippen molar-refractivity contribution < 1.29 is 17.6 Å². The van der Waals surface area contributed by atoms with Crippen molar-refractivity contribution in [3.05, 3.63) is 72.2 Å². The predicted octanol–water partition coefficient (Wildman–Crippen LogP) is 2.95. The second-order valence-corrected chi connectivity index (χ2v) is 10.1. The molecule has 2 aliphatic rings. The molecule has 170 valence electrons. The van der Waals surface area contributed by atoms with Gasteiger partial charge in [-0.1, -0.05) is 30.3 Å². The van der Waals surface area contributed by atoms with Crippen LogP contribution in [0.5, 0.6) is 0 Å². The maximum absolute atomic E-state index is 14.0. The fraction of sp³-hybridized carbons (Fsp3) is 0.250. The van der Waals surface area contributed by atoms with Crippen molar-refractivity contribution in [3.8, 4) is 11.1 Å². The monoisotopic (exact) mass is 466 g/mol. The molecule has 1 saturated heterocycles. The third-order valence-electron chi connectivity index (χ3n) is 6.33. The third-order valence-corrected chi connectivity index (χ3v) is 7.14. The summed E-state index contributed by atoms with van der Waals surface area (Å²) in [6.45, 7) is 3.06. The summed E-state index contributed by atoms with van der Waals surface area (Å²) in [4.78, 5) is 21.0. The van der Waals surface area contributed by atoms with Crippen LogP contribution in [0.25, 0.3) is 11.1 Å². The van der Waals surface area contributed by atoms with Crippen molar-refractivity contribution in [1.82, 2.24) is 4.98 Å². The van der Waals surface area contributed by atoms with Gasteiger partial charge in [0.2, 0.25) is 5.91 Å². The summed E-state index contributed by atoms with van der Waals surface area (Å²) in [5.41, 5.74) is 3.72. The standard InChI is InChI=1S/C24H23FN4O3S/c1-15-10-17-12-27-23(33(26,31)32)11-22(17)29(15)24(30)18-13-28(14-18)19-8-6-16(7-9-19)20-4-2-3-5-21(20)25/h2-9,11-12,15,18H,10,13-14H2,1H3,(H2,26,31,32). The first-order valence-electron chi connectivity index (χ1n) is 10.7. The number of nitrogens with two attached hydrogens (primary N) is 1. The van der Waals surface area contributed by atoms with Gasteiger partial charge >= 0.3 is 0 Å². The Hall–Kier alpha value is -3.30. The molecule has 1 fully saturated rings. The number of carbonyl (C=O) groups is 1. The number of carbonyl (C=O) groups excluding carboxylic acids is 1. The van der Waals surface area contributed by atoms with Gasteiger partial charge < -0.3 is 9.80 Å². The van der Waals surface area contributed by atoms with Crippen molar-refractivity contribution in [2.24, 2.45) is 11.1 Å². The number of benzene rings is 2. The molecule has 33 heavy (non-hydrogen) atoms. The second-order valence-electron chi connectivity index (χ2n) is 8.59. The van der Waals surface area contributed by atoms with E-state index >= 15 is 0 Å². The van der Waals surface area contributed by atoms with Gasteiger partial charge in [0.15, 0.2) is 5.03 Å². The lowest BCUT2D eigenvalue weighted by atomic mass is 9.96. The first-order valence-corrected chi connectivity index (χ1v) is 12.2. The van der Waals surface area contributed by atoms with E-state index in [-0.39, 0.29) is 28.7 Å². The maximum atomic E-state index is 14.0. The topological polar surface area (TPSA) is 96.6 Å². The summed E-state index contributed by atoms with van der Waals surface area (Å²) < 4.78 is 37.4. The zero-order chi connectivity index (χ0) is 23.3. The molecule has 3 heterocycles. The largest absolute Gasteiger partial charge is 0.370 e. The number of anilines is 2. The number of nitrogens with zero attached hydrogens (tertiary/aromatic N) is 3. The summed E-state index contributed by atoms with van der Waals surface area (Å²) >= 11 is 0. The quantitative estimate of drug-likeness (QED) is 0.638. The Morgan fingerprint density at radius 1 is 1.12 bits per heavy atom. The number of hydrogen-bond acceptors (Lipinski definition) is 5. The van der Waals surface area contributed by atoms with E-state index in [1.54, 1.807) is 23.1 Å². The first-order chi connectivity index (χ1) is 15.7. The van der Waals surface area contributed by atoms with Crippen molar-refractivity contribution in [2.75, 3.05) is 22.9 Å². The minimum atomic E-state index is -3.95. The lowest BCUT2D eigenvalue weighted by molar-refractivity contribution is -0.123. The molecule has 5 rings (SSSR count). The van der Waals surface area contributed by atoms with Crippen molar-refractivity contribution in [3.63, 3.8) is 0 Å². The number of hydrogen-bond donors (Lipinski definition) is 1. The Morgan fingerprint density at radius 3 is 2.48 bits per heavy atom. The molecule has 1 aromatic heterocycles. The summed E-state index contributed by atoms with van der Waals surface area (Å²) in [6.07, 6.45) is 2.11. The van der Waals surface area contributed by atoms with Crippen LogP contribution in [0.1, 0.15) is 12.5 Å². The van der Waals surface area contributed by atoms with Crippen molar-refractivity contribution in [2.45, 2.75) is 24.4 Å². The molecule has 0 spiro atoms. The Kier molecular flexibility index (Phi) is 5.18. The molecule has 2 aromatic carbocycles. The molecule has 0 aliphatic carbocycles. The third kappa shape index (κ3) is 3.87. The molecule has 3 aromatic rings. The highest BCUT2D eigenvalue weighted by Crippen LogP contribution is 2.36. The van der Waals surface area contributed by atoms with Crippen LogP contribution in [-0.4, -0.2) is 38.4 Å². The molecular weight excluding hydrogens is 443 g/mol. The van der Waals surface area contributed by atoms with Crippen LogP contribution in [0.15, 0.2) is 65.8 Å². The second kappa shape index (κ2) is 7.93. The van der Waals surface area contributed by atoms with Gasteiger partial charge in [0.1, 0.15) is 5.82 Å². The van der Waals surface area contributed by atoms with E-state index in [0.29, 0.717) is 30.8 Å². The number of fused-ring (bicyclic) bond motifs is 1. The van der Waals surface area contributed by atoms with E-state index in [1.165, 1.54) is 18.3 Å². The van der Waals surface area contributed by atoms with Crippen molar-refractivity contribution in [1.29, 1.82) is 0 Å². The van der Waals surface area contributed by atoms with Crippen molar-refractivity contribution >= 4 is 27.3 Å². The highest BCUT2D eigenvalue weighted by molar-refractivity contribution is 7.89. The molecule has 2 aliphatic heterocycles. The van der Waals surface area contributed by atoms with E-state index in [1.807, 2.05) is 31.2 Å². The smallest absolute Gasteiger partial charge is 0.255 e. The zero-order valence-corrected chi connectivity index (χ0v) is 18.8. The molecule has 1 amide bonds. The van der Waals surface area contributed by atoms with E-state index in [2.05, 4.69) is 9.88 Å². The molecule has 9 heteroatoms. The number of rotatable bonds is 4. The van der Waals surface area contributed by atoms with Gasteiger partial charge in [-0.05, 0) is 42.7 Å².